The molecule has 3 heterocycles. The standard InChI is InChI=1S/C13H16N6O.2ClH/c20-13(16-10-1-5-14-6-2-10)12-9-19(18-17-12)11-3-7-15-8-4-11;;/h1-2,5-6,9,11,15H,3-4,7-8H2,(H,14,16,20);2*1H. The number of halogens is 2. The Morgan fingerprint density at radius 1 is 1.23 bits per heavy atom. The van der Waals surface area contributed by atoms with Gasteiger partial charge in [-0.1, -0.05) is 5.21 Å². The predicted octanol–water partition coefficient (Wildman–Crippen LogP) is 1.69. The Hall–Kier alpha value is -1.70. The summed E-state index contributed by atoms with van der Waals surface area (Å²) >= 11 is 0. The van der Waals surface area contributed by atoms with Crippen molar-refractivity contribution in [3.05, 3.63) is 36.4 Å². The third-order valence-corrected chi connectivity index (χ3v) is 3.36. The molecular formula is C13H18Cl2N6O. The van der Waals surface area contributed by atoms with E-state index in [4.69, 9.17) is 0 Å². The summed E-state index contributed by atoms with van der Waals surface area (Å²) in [5.41, 5.74) is 1.03. The van der Waals surface area contributed by atoms with Crippen molar-refractivity contribution in [3.63, 3.8) is 0 Å². The molecule has 0 unspecified atom stereocenters. The zero-order valence-corrected chi connectivity index (χ0v) is 13.4. The number of hydrogen-bond donors (Lipinski definition) is 2. The molecule has 1 saturated heterocycles. The molecule has 2 aromatic rings. The van der Waals surface area contributed by atoms with E-state index in [1.54, 1.807) is 35.4 Å². The highest BCUT2D eigenvalue weighted by Crippen LogP contribution is 2.17. The van der Waals surface area contributed by atoms with Crippen molar-refractivity contribution in [1.29, 1.82) is 0 Å². The summed E-state index contributed by atoms with van der Waals surface area (Å²) in [4.78, 5) is 16.0. The van der Waals surface area contributed by atoms with Crippen LogP contribution in [0.1, 0.15) is 29.4 Å². The molecule has 2 N–H and O–H groups in total. The first-order chi connectivity index (χ1) is 9.83. The number of carbonyl (C=O) groups excluding carboxylic acids is 1. The highest BCUT2D eigenvalue weighted by Gasteiger charge is 2.18. The molecule has 0 aliphatic carbocycles. The summed E-state index contributed by atoms with van der Waals surface area (Å²) in [7, 11) is 0. The van der Waals surface area contributed by atoms with E-state index in [0.29, 0.717) is 17.4 Å². The maximum Gasteiger partial charge on any atom is 0.277 e. The molecule has 1 aliphatic rings. The summed E-state index contributed by atoms with van der Waals surface area (Å²) in [6.45, 7) is 1.95. The van der Waals surface area contributed by atoms with E-state index in [-0.39, 0.29) is 30.7 Å². The van der Waals surface area contributed by atoms with E-state index >= 15 is 0 Å². The molecule has 2 aromatic heterocycles. The van der Waals surface area contributed by atoms with E-state index in [2.05, 4.69) is 25.9 Å². The van der Waals surface area contributed by atoms with Crippen LogP contribution in [-0.4, -0.2) is 39.0 Å². The van der Waals surface area contributed by atoms with Crippen molar-refractivity contribution in [2.24, 2.45) is 0 Å². The van der Waals surface area contributed by atoms with Gasteiger partial charge in [0.1, 0.15) is 0 Å². The Labute approximate surface area is 140 Å². The minimum absolute atomic E-state index is 0. The number of rotatable bonds is 3. The zero-order valence-electron chi connectivity index (χ0n) is 11.8. The first-order valence-electron chi connectivity index (χ1n) is 6.67. The van der Waals surface area contributed by atoms with Gasteiger partial charge in [-0.25, -0.2) is 4.68 Å². The van der Waals surface area contributed by atoms with Crippen LogP contribution in [0.3, 0.4) is 0 Å². The van der Waals surface area contributed by atoms with Crippen molar-refractivity contribution in [3.8, 4) is 0 Å². The lowest BCUT2D eigenvalue weighted by Gasteiger charge is -2.22. The minimum atomic E-state index is -0.253. The zero-order chi connectivity index (χ0) is 13.8. The monoisotopic (exact) mass is 344 g/mol. The van der Waals surface area contributed by atoms with Gasteiger partial charge >= 0.3 is 0 Å². The Kier molecular flexibility index (Phi) is 7.23. The number of pyridine rings is 1. The molecule has 0 aromatic carbocycles. The molecule has 0 bridgehead atoms. The lowest BCUT2D eigenvalue weighted by Crippen LogP contribution is -2.29. The molecule has 1 fully saturated rings. The van der Waals surface area contributed by atoms with Crippen molar-refractivity contribution >= 4 is 36.4 Å². The predicted molar refractivity (Wildman–Crippen MR) is 87.8 cm³/mol. The van der Waals surface area contributed by atoms with E-state index in [1.807, 2.05) is 0 Å². The Bertz CT molecular complexity index is 585. The van der Waals surface area contributed by atoms with Gasteiger partial charge in [-0.3, -0.25) is 9.78 Å². The Morgan fingerprint density at radius 3 is 2.59 bits per heavy atom. The maximum absolute atomic E-state index is 12.1. The molecule has 0 radical (unpaired) electrons. The van der Waals surface area contributed by atoms with E-state index < -0.39 is 0 Å². The van der Waals surface area contributed by atoms with Gasteiger partial charge in [0, 0.05) is 18.1 Å². The molecule has 1 aliphatic heterocycles. The molecule has 9 heteroatoms. The fourth-order valence-electron chi connectivity index (χ4n) is 2.26. The summed E-state index contributed by atoms with van der Waals surface area (Å²) in [5.74, 6) is -0.253. The smallest absolute Gasteiger partial charge is 0.277 e. The van der Waals surface area contributed by atoms with Crippen molar-refractivity contribution < 1.29 is 4.79 Å². The van der Waals surface area contributed by atoms with Crippen LogP contribution in [0.4, 0.5) is 5.69 Å². The van der Waals surface area contributed by atoms with Crippen LogP contribution in [0.15, 0.2) is 30.7 Å². The van der Waals surface area contributed by atoms with Crippen LogP contribution in [-0.2, 0) is 0 Å². The number of nitrogens with zero attached hydrogens (tertiary/aromatic N) is 4. The molecule has 0 saturated carbocycles. The fraction of sp³-hybridized carbons (Fsp3) is 0.385. The lowest BCUT2D eigenvalue weighted by atomic mass is 10.1. The van der Waals surface area contributed by atoms with Gasteiger partial charge in [0.25, 0.3) is 5.91 Å². The molecule has 0 spiro atoms. The van der Waals surface area contributed by atoms with Crippen LogP contribution < -0.4 is 10.6 Å². The van der Waals surface area contributed by atoms with Crippen molar-refractivity contribution in [2.45, 2.75) is 18.9 Å². The van der Waals surface area contributed by atoms with E-state index in [0.717, 1.165) is 25.9 Å². The number of aromatic nitrogens is 4. The van der Waals surface area contributed by atoms with Crippen LogP contribution in [0.5, 0.6) is 0 Å². The summed E-state index contributed by atoms with van der Waals surface area (Å²) in [5, 5.41) is 14.1. The Morgan fingerprint density at radius 2 is 1.91 bits per heavy atom. The number of hydrogen-bond acceptors (Lipinski definition) is 5. The first-order valence-corrected chi connectivity index (χ1v) is 6.67. The number of piperidine rings is 1. The summed E-state index contributed by atoms with van der Waals surface area (Å²) in [6, 6.07) is 3.79. The third kappa shape index (κ3) is 4.40. The van der Waals surface area contributed by atoms with Crippen LogP contribution in [0.2, 0.25) is 0 Å². The van der Waals surface area contributed by atoms with Crippen molar-refractivity contribution in [2.75, 3.05) is 18.4 Å². The van der Waals surface area contributed by atoms with Gasteiger partial charge in [0.15, 0.2) is 5.69 Å². The SMILES string of the molecule is Cl.Cl.O=C(Nc1ccncc1)c1cn(C2CCNCC2)nn1. The first kappa shape index (κ1) is 18.3. The molecule has 0 atom stereocenters. The number of anilines is 1. The summed E-state index contributed by atoms with van der Waals surface area (Å²) < 4.78 is 1.79. The van der Waals surface area contributed by atoms with Gasteiger partial charge in [0.2, 0.25) is 0 Å². The maximum atomic E-state index is 12.1. The summed E-state index contributed by atoms with van der Waals surface area (Å²) in [6.07, 6.45) is 6.99. The van der Waals surface area contributed by atoms with Gasteiger partial charge < -0.3 is 10.6 Å². The second kappa shape index (κ2) is 8.67. The number of carbonyl (C=O) groups is 1. The quantitative estimate of drug-likeness (QED) is 0.884. The van der Waals surface area contributed by atoms with Gasteiger partial charge in [0.05, 0.1) is 12.2 Å². The largest absolute Gasteiger partial charge is 0.320 e. The van der Waals surface area contributed by atoms with Crippen LogP contribution >= 0.6 is 24.8 Å². The van der Waals surface area contributed by atoms with Gasteiger partial charge in [-0.05, 0) is 38.1 Å². The van der Waals surface area contributed by atoms with Crippen molar-refractivity contribution in [1.82, 2.24) is 25.3 Å². The number of nitrogens with one attached hydrogen (secondary N) is 2. The molecular weight excluding hydrogens is 327 g/mol. The van der Waals surface area contributed by atoms with Gasteiger partial charge in [-0.2, -0.15) is 0 Å². The van der Waals surface area contributed by atoms with Crippen LogP contribution in [0.25, 0.3) is 0 Å². The Balaban J connectivity index is 0.00000121. The van der Waals surface area contributed by atoms with Crippen LogP contribution in [0, 0.1) is 0 Å². The average molecular weight is 345 g/mol. The molecule has 7 nitrogen and oxygen atoms in total. The second-order valence-electron chi connectivity index (χ2n) is 4.75. The topological polar surface area (TPSA) is 84.7 Å². The highest BCUT2D eigenvalue weighted by atomic mass is 35.5. The van der Waals surface area contributed by atoms with E-state index in [1.165, 1.54) is 0 Å². The van der Waals surface area contributed by atoms with E-state index in [9.17, 15) is 4.79 Å². The molecule has 3 rings (SSSR count). The molecule has 22 heavy (non-hydrogen) atoms. The number of amides is 1. The third-order valence-electron chi connectivity index (χ3n) is 3.36. The normalized spacial score (nSPS) is 14.5. The second-order valence-corrected chi connectivity index (χ2v) is 4.75. The highest BCUT2D eigenvalue weighted by molar-refractivity contribution is 6.02. The average Bonchev–Trinajstić information content (AvgIpc) is 2.99. The van der Waals surface area contributed by atoms with Gasteiger partial charge in [-0.15, -0.1) is 29.9 Å². The fourth-order valence-corrected chi connectivity index (χ4v) is 2.26. The minimum Gasteiger partial charge on any atom is -0.320 e. The molecule has 120 valence electrons. The molecule has 1 amide bonds. The lowest BCUT2D eigenvalue weighted by molar-refractivity contribution is 0.102.